The van der Waals surface area contributed by atoms with Crippen molar-refractivity contribution in [1.29, 1.82) is 0 Å². The number of ether oxygens (including phenoxy) is 3. The van der Waals surface area contributed by atoms with Gasteiger partial charge in [-0.3, -0.25) is 0 Å². The monoisotopic (exact) mass is 340 g/mol. The molecule has 0 aromatic carbocycles. The Balaban J connectivity index is 2.45. The first-order valence-electron chi connectivity index (χ1n) is 8.69. The second-order valence-corrected chi connectivity index (χ2v) is 6.91. The number of aromatic nitrogens is 1. The molecule has 6 heteroatoms. The van der Waals surface area contributed by atoms with Crippen molar-refractivity contribution < 1.29 is 18.6 Å². The van der Waals surface area contributed by atoms with Gasteiger partial charge in [0.15, 0.2) is 5.82 Å². The van der Waals surface area contributed by atoms with E-state index in [1.54, 1.807) is 6.07 Å². The first kappa shape index (κ1) is 19.1. The maximum Gasteiger partial charge on any atom is 0.201 e. The summed E-state index contributed by atoms with van der Waals surface area (Å²) < 4.78 is 31.9. The predicted molar refractivity (Wildman–Crippen MR) is 91.5 cm³/mol. The van der Waals surface area contributed by atoms with Gasteiger partial charge in [0.1, 0.15) is 11.8 Å². The molecule has 0 amide bonds. The molecule has 1 fully saturated rings. The van der Waals surface area contributed by atoms with Crippen LogP contribution < -0.4 is 5.32 Å². The van der Waals surface area contributed by atoms with Crippen molar-refractivity contribution in [3.63, 3.8) is 0 Å². The number of rotatable bonds is 7. The Hall–Kier alpha value is -1.24. The summed E-state index contributed by atoms with van der Waals surface area (Å²) in [5, 5.41) is 3.21. The fourth-order valence-electron chi connectivity index (χ4n) is 2.71. The van der Waals surface area contributed by atoms with Crippen molar-refractivity contribution >= 4 is 5.69 Å². The van der Waals surface area contributed by atoms with E-state index in [1.807, 2.05) is 34.6 Å². The topological polar surface area (TPSA) is 52.6 Å². The van der Waals surface area contributed by atoms with Crippen molar-refractivity contribution in [2.75, 3.05) is 25.1 Å². The molecule has 1 aromatic rings. The number of anilines is 1. The molecule has 1 N–H and O–H groups in total. The van der Waals surface area contributed by atoms with Crippen LogP contribution in [0.25, 0.3) is 0 Å². The van der Waals surface area contributed by atoms with Gasteiger partial charge in [0.25, 0.3) is 0 Å². The van der Waals surface area contributed by atoms with E-state index in [4.69, 9.17) is 14.2 Å². The summed E-state index contributed by atoms with van der Waals surface area (Å²) in [6, 6.07) is 1.68. The molecular formula is C18H29FN2O3. The third kappa shape index (κ3) is 4.88. The molecule has 0 spiro atoms. The van der Waals surface area contributed by atoms with Crippen LogP contribution in [0.4, 0.5) is 10.1 Å². The van der Waals surface area contributed by atoms with Crippen LogP contribution in [0, 0.1) is 5.82 Å². The lowest BCUT2D eigenvalue weighted by molar-refractivity contribution is -0.142. The summed E-state index contributed by atoms with van der Waals surface area (Å²) in [6.45, 7) is 11.4. The number of halogens is 1. The van der Waals surface area contributed by atoms with Crippen LogP contribution in [0.2, 0.25) is 0 Å². The average molecular weight is 340 g/mol. The molecule has 1 aliphatic rings. The average Bonchev–Trinajstić information content (AvgIpc) is 3.02. The normalized spacial score (nSPS) is 18.4. The third-order valence-electron chi connectivity index (χ3n) is 3.63. The van der Waals surface area contributed by atoms with Gasteiger partial charge in [-0.05, 0) is 53.5 Å². The lowest BCUT2D eigenvalue weighted by atomic mass is 10.1. The van der Waals surface area contributed by atoms with E-state index in [2.05, 4.69) is 10.3 Å². The Bertz CT molecular complexity index is 534. The van der Waals surface area contributed by atoms with Gasteiger partial charge in [0, 0.05) is 25.4 Å². The highest BCUT2D eigenvalue weighted by atomic mass is 19.1. The minimum atomic E-state index is -0.610. The molecule has 2 rings (SSSR count). The van der Waals surface area contributed by atoms with Gasteiger partial charge in [-0.25, -0.2) is 9.37 Å². The molecule has 2 heterocycles. The van der Waals surface area contributed by atoms with E-state index in [0.717, 1.165) is 12.8 Å². The molecule has 1 aromatic heterocycles. The smallest absolute Gasteiger partial charge is 0.201 e. The highest BCUT2D eigenvalue weighted by Gasteiger charge is 2.28. The molecule has 0 radical (unpaired) electrons. The minimum absolute atomic E-state index is 0.278. The van der Waals surface area contributed by atoms with Crippen molar-refractivity contribution in [2.45, 2.75) is 65.4 Å². The van der Waals surface area contributed by atoms with Gasteiger partial charge in [0.05, 0.1) is 11.4 Å². The van der Waals surface area contributed by atoms with E-state index in [-0.39, 0.29) is 17.5 Å². The van der Waals surface area contributed by atoms with E-state index < -0.39 is 6.29 Å². The van der Waals surface area contributed by atoms with Crippen LogP contribution in [0.3, 0.4) is 0 Å². The number of hydrogen-bond donors (Lipinski definition) is 1. The van der Waals surface area contributed by atoms with E-state index in [0.29, 0.717) is 36.9 Å². The third-order valence-corrected chi connectivity index (χ3v) is 3.63. The lowest BCUT2D eigenvalue weighted by Gasteiger charge is -2.26. The summed E-state index contributed by atoms with van der Waals surface area (Å²) in [5.41, 5.74) is 1.03. The molecular weight excluding hydrogens is 311 g/mol. The Kier molecular flexibility index (Phi) is 6.54. The number of pyridine rings is 1. The quantitative estimate of drug-likeness (QED) is 0.748. The molecule has 1 unspecified atom stereocenters. The van der Waals surface area contributed by atoms with E-state index >= 15 is 0 Å². The molecule has 24 heavy (non-hydrogen) atoms. The van der Waals surface area contributed by atoms with Crippen LogP contribution >= 0.6 is 0 Å². The summed E-state index contributed by atoms with van der Waals surface area (Å²) in [6.07, 6.45) is 0.768. The standard InChI is InChI=1S/C18H29FN2O3/c1-6-22-17(23-7-2)13-11-12(21-18(3,4)5)15(19)16(20-13)14-9-8-10-24-14/h11,14,17H,6-10H2,1-5H3,(H,20,21). The van der Waals surface area contributed by atoms with E-state index in [1.165, 1.54) is 0 Å². The van der Waals surface area contributed by atoms with Crippen LogP contribution in [0.15, 0.2) is 6.07 Å². The Morgan fingerprint density at radius 2 is 2.00 bits per heavy atom. The predicted octanol–water partition coefficient (Wildman–Crippen LogP) is 4.35. The zero-order chi connectivity index (χ0) is 17.7. The molecule has 0 bridgehead atoms. The molecule has 0 saturated carbocycles. The minimum Gasteiger partial charge on any atom is -0.378 e. The first-order valence-corrected chi connectivity index (χ1v) is 8.69. The molecule has 1 saturated heterocycles. The van der Waals surface area contributed by atoms with Crippen molar-refractivity contribution in [3.8, 4) is 0 Å². The number of nitrogens with zero attached hydrogens (tertiary/aromatic N) is 1. The largest absolute Gasteiger partial charge is 0.378 e. The van der Waals surface area contributed by atoms with Gasteiger partial charge >= 0.3 is 0 Å². The summed E-state index contributed by atoms with van der Waals surface area (Å²) in [4.78, 5) is 4.49. The molecule has 0 aliphatic carbocycles. The fourth-order valence-corrected chi connectivity index (χ4v) is 2.71. The lowest BCUT2D eigenvalue weighted by Crippen LogP contribution is -2.27. The van der Waals surface area contributed by atoms with Gasteiger partial charge in [0.2, 0.25) is 6.29 Å². The van der Waals surface area contributed by atoms with Crippen molar-refractivity contribution in [1.82, 2.24) is 4.98 Å². The van der Waals surface area contributed by atoms with Crippen molar-refractivity contribution in [3.05, 3.63) is 23.3 Å². The summed E-state index contributed by atoms with van der Waals surface area (Å²) in [7, 11) is 0. The fraction of sp³-hybridized carbons (Fsp3) is 0.722. The molecule has 1 atom stereocenters. The number of nitrogens with one attached hydrogen (secondary N) is 1. The first-order chi connectivity index (χ1) is 11.4. The summed E-state index contributed by atoms with van der Waals surface area (Å²) >= 11 is 0. The van der Waals surface area contributed by atoms with E-state index in [9.17, 15) is 4.39 Å². The number of hydrogen-bond acceptors (Lipinski definition) is 5. The molecule has 5 nitrogen and oxygen atoms in total. The highest BCUT2D eigenvalue weighted by Crippen LogP contribution is 2.34. The highest BCUT2D eigenvalue weighted by molar-refractivity contribution is 5.49. The van der Waals surface area contributed by atoms with Gasteiger partial charge < -0.3 is 19.5 Å². The Labute approximate surface area is 143 Å². The summed E-state index contributed by atoms with van der Waals surface area (Å²) in [5.74, 6) is -0.354. The van der Waals surface area contributed by atoms with Crippen LogP contribution in [0.1, 0.15) is 71.2 Å². The molecule has 1 aliphatic heterocycles. The van der Waals surface area contributed by atoms with Crippen LogP contribution in [0.5, 0.6) is 0 Å². The SMILES string of the molecule is CCOC(OCC)c1cc(NC(C)(C)C)c(F)c(C2CCCO2)n1. The van der Waals surface area contributed by atoms with Crippen LogP contribution in [-0.2, 0) is 14.2 Å². The van der Waals surface area contributed by atoms with Gasteiger partial charge in [-0.15, -0.1) is 0 Å². The maximum absolute atomic E-state index is 15.0. The van der Waals surface area contributed by atoms with Crippen LogP contribution in [-0.4, -0.2) is 30.3 Å². The Morgan fingerprint density at radius 3 is 2.50 bits per heavy atom. The Morgan fingerprint density at radius 1 is 1.33 bits per heavy atom. The zero-order valence-electron chi connectivity index (χ0n) is 15.3. The molecule has 136 valence electrons. The second kappa shape index (κ2) is 8.23. The van der Waals surface area contributed by atoms with Crippen molar-refractivity contribution in [2.24, 2.45) is 0 Å². The van der Waals surface area contributed by atoms with Gasteiger partial charge in [-0.1, -0.05) is 0 Å². The maximum atomic E-state index is 15.0. The second-order valence-electron chi connectivity index (χ2n) is 6.91. The van der Waals surface area contributed by atoms with Gasteiger partial charge in [-0.2, -0.15) is 0 Å². The zero-order valence-corrected chi connectivity index (χ0v) is 15.3.